The predicted octanol–water partition coefficient (Wildman–Crippen LogP) is 0.585. The maximum Gasteiger partial charge on any atom is 0.254 e. The first-order valence-corrected chi connectivity index (χ1v) is 8.16. The summed E-state index contributed by atoms with van der Waals surface area (Å²) in [5, 5.41) is 0. The van der Waals surface area contributed by atoms with Crippen molar-refractivity contribution in [2.45, 2.75) is 56.6 Å². The number of ether oxygens (including phenoxy) is 1. The van der Waals surface area contributed by atoms with Gasteiger partial charge in [-0.25, -0.2) is 0 Å². The lowest BCUT2D eigenvalue weighted by Crippen LogP contribution is -2.69. The van der Waals surface area contributed by atoms with Crippen molar-refractivity contribution < 1.29 is 19.1 Å². The third kappa shape index (κ3) is 2.33. The molecule has 3 rings (SSSR count). The van der Waals surface area contributed by atoms with E-state index in [0.29, 0.717) is 25.3 Å². The van der Waals surface area contributed by atoms with E-state index in [1.54, 1.807) is 6.42 Å². The Hall–Kier alpha value is -1.43. The highest BCUT2D eigenvalue weighted by Gasteiger charge is 2.62. The summed E-state index contributed by atoms with van der Waals surface area (Å²) in [6.45, 7) is 0.245. The summed E-state index contributed by atoms with van der Waals surface area (Å²) >= 11 is 0. The van der Waals surface area contributed by atoms with Gasteiger partial charge in [0, 0.05) is 6.54 Å². The first kappa shape index (κ1) is 15.5. The molecule has 1 saturated carbocycles. The maximum atomic E-state index is 12.6. The van der Waals surface area contributed by atoms with E-state index < -0.39 is 17.6 Å². The van der Waals surface area contributed by atoms with Crippen LogP contribution in [-0.4, -0.2) is 47.3 Å². The van der Waals surface area contributed by atoms with Gasteiger partial charge in [0.2, 0.25) is 11.4 Å². The van der Waals surface area contributed by atoms with Gasteiger partial charge in [-0.3, -0.25) is 14.4 Å². The number of Topliss-reactive ketones (excluding diaryl/α,β-unsaturated/α-hetero) is 1. The van der Waals surface area contributed by atoms with Gasteiger partial charge >= 0.3 is 0 Å². The molecule has 0 spiro atoms. The minimum atomic E-state index is -1.58. The zero-order valence-electron chi connectivity index (χ0n) is 12.8. The predicted molar refractivity (Wildman–Crippen MR) is 78.5 cm³/mol. The molecule has 2 N–H and O–H groups in total. The molecule has 2 aliphatic heterocycles. The van der Waals surface area contributed by atoms with Gasteiger partial charge in [-0.1, -0.05) is 25.7 Å². The standard InChI is InChI=1S/C16H23N2O4/c17-15(21)16-12(19)10-22-13(16)6-3-9-18(16)14(20)8-7-11-4-1-2-5-11/h8,11,13H,1-7,9-10H2,(H2,17,21). The number of fused-ring (bicyclic) bond motifs is 1. The molecule has 0 aromatic rings. The van der Waals surface area contributed by atoms with Crippen molar-refractivity contribution in [3.05, 3.63) is 6.42 Å². The lowest BCUT2D eigenvalue weighted by molar-refractivity contribution is -0.156. The Kier molecular flexibility index (Phi) is 4.21. The summed E-state index contributed by atoms with van der Waals surface area (Å²) in [5.41, 5.74) is 3.95. The number of rotatable bonds is 4. The zero-order chi connectivity index (χ0) is 15.7. The van der Waals surface area contributed by atoms with Gasteiger partial charge in [0.1, 0.15) is 6.61 Å². The van der Waals surface area contributed by atoms with E-state index in [1.165, 1.54) is 17.7 Å². The molecule has 1 aliphatic carbocycles. The van der Waals surface area contributed by atoms with Crippen molar-refractivity contribution in [2.75, 3.05) is 13.2 Å². The molecule has 0 aromatic carbocycles. The number of nitrogens with zero attached hydrogens (tertiary/aromatic N) is 1. The fourth-order valence-corrected chi connectivity index (χ4v) is 4.15. The Labute approximate surface area is 130 Å². The third-order valence-corrected chi connectivity index (χ3v) is 5.32. The van der Waals surface area contributed by atoms with E-state index in [-0.39, 0.29) is 18.3 Å². The highest BCUT2D eigenvalue weighted by atomic mass is 16.5. The monoisotopic (exact) mass is 307 g/mol. The normalized spacial score (nSPS) is 32.3. The third-order valence-electron chi connectivity index (χ3n) is 5.32. The van der Waals surface area contributed by atoms with Gasteiger partial charge < -0.3 is 15.4 Å². The maximum absolute atomic E-state index is 12.6. The van der Waals surface area contributed by atoms with E-state index in [4.69, 9.17) is 10.5 Å². The fourth-order valence-electron chi connectivity index (χ4n) is 4.15. The number of nitrogens with two attached hydrogens (primary N) is 1. The Bertz CT molecular complexity index is 487. The smallest absolute Gasteiger partial charge is 0.254 e. The molecule has 2 atom stereocenters. The lowest BCUT2D eigenvalue weighted by Gasteiger charge is -2.44. The summed E-state index contributed by atoms with van der Waals surface area (Å²) in [6, 6.07) is 0. The van der Waals surface area contributed by atoms with Crippen LogP contribution >= 0.6 is 0 Å². The van der Waals surface area contributed by atoms with Crippen molar-refractivity contribution in [2.24, 2.45) is 11.7 Å². The highest BCUT2D eigenvalue weighted by molar-refractivity contribution is 6.15. The second kappa shape index (κ2) is 5.99. The molecule has 2 heterocycles. The van der Waals surface area contributed by atoms with Gasteiger partial charge in [0.15, 0.2) is 5.78 Å². The molecule has 1 radical (unpaired) electrons. The molecular formula is C16H23N2O4. The summed E-state index contributed by atoms with van der Waals surface area (Å²) in [6.07, 6.45) is 7.79. The van der Waals surface area contributed by atoms with E-state index in [0.717, 1.165) is 19.3 Å². The van der Waals surface area contributed by atoms with E-state index in [9.17, 15) is 14.4 Å². The molecule has 6 nitrogen and oxygen atoms in total. The Morgan fingerprint density at radius 2 is 2.00 bits per heavy atom. The molecule has 3 fully saturated rings. The van der Waals surface area contributed by atoms with Crippen molar-refractivity contribution in [3.8, 4) is 0 Å². The van der Waals surface area contributed by atoms with Gasteiger partial charge in [0.05, 0.1) is 12.5 Å². The molecule has 2 amide bonds. The summed E-state index contributed by atoms with van der Waals surface area (Å²) < 4.78 is 5.43. The van der Waals surface area contributed by atoms with Crippen LogP contribution in [0.15, 0.2) is 0 Å². The van der Waals surface area contributed by atoms with Crippen LogP contribution in [0.4, 0.5) is 0 Å². The molecule has 22 heavy (non-hydrogen) atoms. The first-order valence-electron chi connectivity index (χ1n) is 8.16. The molecule has 6 heteroatoms. The van der Waals surface area contributed by atoms with E-state index >= 15 is 0 Å². The van der Waals surface area contributed by atoms with Gasteiger partial charge in [0.25, 0.3) is 5.91 Å². The Morgan fingerprint density at radius 3 is 2.68 bits per heavy atom. The van der Waals surface area contributed by atoms with Crippen LogP contribution in [-0.2, 0) is 19.1 Å². The number of hydrogen-bond acceptors (Lipinski definition) is 4. The molecule has 0 bridgehead atoms. The van der Waals surface area contributed by atoms with Crippen LogP contribution in [0.5, 0.6) is 0 Å². The summed E-state index contributed by atoms with van der Waals surface area (Å²) in [5.74, 6) is -0.853. The SMILES string of the molecule is NC(=O)C12C(=O)COC1CCCN2C(=O)[CH]CC1CCCC1. The number of primary amides is 1. The van der Waals surface area contributed by atoms with Crippen molar-refractivity contribution >= 4 is 17.6 Å². The van der Waals surface area contributed by atoms with Gasteiger partial charge in [-0.05, 0) is 25.2 Å². The molecule has 2 unspecified atom stereocenters. The average molecular weight is 307 g/mol. The zero-order valence-corrected chi connectivity index (χ0v) is 12.8. The quantitative estimate of drug-likeness (QED) is 0.770. The van der Waals surface area contributed by atoms with Crippen LogP contribution in [0.2, 0.25) is 0 Å². The van der Waals surface area contributed by atoms with Crippen LogP contribution in [0, 0.1) is 12.3 Å². The minimum Gasteiger partial charge on any atom is -0.367 e. The van der Waals surface area contributed by atoms with Crippen molar-refractivity contribution in [1.29, 1.82) is 0 Å². The molecule has 3 aliphatic rings. The summed E-state index contributed by atoms with van der Waals surface area (Å²) in [7, 11) is 0. The van der Waals surface area contributed by atoms with Crippen LogP contribution < -0.4 is 5.73 Å². The largest absolute Gasteiger partial charge is 0.367 e. The number of ketones is 1. The topological polar surface area (TPSA) is 89.7 Å². The summed E-state index contributed by atoms with van der Waals surface area (Å²) in [4.78, 5) is 38.3. The number of likely N-dealkylation sites (tertiary alicyclic amines) is 1. The molecule has 2 saturated heterocycles. The van der Waals surface area contributed by atoms with Crippen LogP contribution in [0.1, 0.15) is 44.9 Å². The minimum absolute atomic E-state index is 0.139. The number of piperidine rings is 1. The molecule has 0 aromatic heterocycles. The first-order chi connectivity index (χ1) is 10.6. The lowest BCUT2D eigenvalue weighted by atomic mass is 9.81. The van der Waals surface area contributed by atoms with Gasteiger partial charge in [-0.2, -0.15) is 0 Å². The second-order valence-corrected chi connectivity index (χ2v) is 6.58. The number of carbonyl (C=O) groups excluding carboxylic acids is 3. The van der Waals surface area contributed by atoms with Crippen molar-refractivity contribution in [1.82, 2.24) is 4.90 Å². The Balaban J connectivity index is 1.76. The van der Waals surface area contributed by atoms with Crippen LogP contribution in [0.3, 0.4) is 0 Å². The van der Waals surface area contributed by atoms with E-state index in [1.807, 2.05) is 0 Å². The van der Waals surface area contributed by atoms with Crippen molar-refractivity contribution in [3.63, 3.8) is 0 Å². The number of amides is 2. The number of carbonyl (C=O) groups is 3. The van der Waals surface area contributed by atoms with Crippen LogP contribution in [0.25, 0.3) is 0 Å². The second-order valence-electron chi connectivity index (χ2n) is 6.58. The van der Waals surface area contributed by atoms with Gasteiger partial charge in [-0.15, -0.1) is 0 Å². The Morgan fingerprint density at radius 1 is 1.27 bits per heavy atom. The highest BCUT2D eigenvalue weighted by Crippen LogP contribution is 2.37. The average Bonchev–Trinajstić information content (AvgIpc) is 3.13. The number of hydrogen-bond donors (Lipinski definition) is 1. The fraction of sp³-hybridized carbons (Fsp3) is 0.750. The molecule has 121 valence electrons. The van der Waals surface area contributed by atoms with E-state index in [2.05, 4.69) is 0 Å². The molecular weight excluding hydrogens is 284 g/mol.